The molecule has 2 heterocycles. The number of nitrogens with one attached hydrogen (secondary N) is 2. The van der Waals surface area contributed by atoms with E-state index in [1.165, 1.54) is 12.3 Å². The highest BCUT2D eigenvalue weighted by Gasteiger charge is 2.20. The molecule has 0 aliphatic carbocycles. The second-order valence-corrected chi connectivity index (χ2v) is 5.05. The standard InChI is InChI=1S/C12H10Cl2N4O4/c13-6-3-7(14)11(15-4-6)16-10(20)5-22-12(21)8-1-2-9(19)18-17-8/h3-4H,1-2,5H2,(H,18,19)(H,15,16,20). The predicted octanol–water partition coefficient (Wildman–Crippen LogP) is 1.14. The Labute approximate surface area is 134 Å². The number of anilines is 1. The van der Waals surface area contributed by atoms with E-state index >= 15 is 0 Å². The molecule has 116 valence electrons. The molecule has 2 N–H and O–H groups in total. The second kappa shape index (κ2) is 7.19. The first-order valence-corrected chi connectivity index (χ1v) is 6.84. The number of carbonyl (C=O) groups excluding carboxylic acids is 3. The van der Waals surface area contributed by atoms with Crippen LogP contribution >= 0.6 is 23.2 Å². The van der Waals surface area contributed by atoms with Gasteiger partial charge in [0.2, 0.25) is 5.91 Å². The normalized spacial score (nSPS) is 13.9. The Morgan fingerprint density at radius 3 is 2.77 bits per heavy atom. The SMILES string of the molecule is O=C1CCC(C(=O)OCC(=O)Nc2ncc(Cl)cc2Cl)=NN1. The third-order valence-corrected chi connectivity index (χ3v) is 3.03. The van der Waals surface area contributed by atoms with Gasteiger partial charge >= 0.3 is 5.97 Å². The van der Waals surface area contributed by atoms with E-state index in [2.05, 4.69) is 20.8 Å². The van der Waals surface area contributed by atoms with Gasteiger partial charge in [-0.3, -0.25) is 9.59 Å². The van der Waals surface area contributed by atoms with Gasteiger partial charge in [0.1, 0.15) is 5.71 Å². The molecule has 1 aliphatic heterocycles. The molecule has 1 aromatic rings. The number of hydrazone groups is 1. The molecule has 0 radical (unpaired) electrons. The van der Waals surface area contributed by atoms with E-state index in [0.29, 0.717) is 5.02 Å². The number of nitrogens with zero attached hydrogens (tertiary/aromatic N) is 2. The van der Waals surface area contributed by atoms with Gasteiger partial charge in [0.25, 0.3) is 5.91 Å². The minimum Gasteiger partial charge on any atom is -0.451 e. The quantitative estimate of drug-likeness (QED) is 0.795. The van der Waals surface area contributed by atoms with E-state index in [-0.39, 0.29) is 35.3 Å². The number of ether oxygens (including phenoxy) is 1. The molecule has 0 atom stereocenters. The first-order chi connectivity index (χ1) is 10.5. The Morgan fingerprint density at radius 2 is 2.14 bits per heavy atom. The number of hydrogen-bond donors (Lipinski definition) is 2. The van der Waals surface area contributed by atoms with Crippen molar-refractivity contribution in [2.24, 2.45) is 5.10 Å². The Balaban J connectivity index is 1.85. The fraction of sp³-hybridized carbons (Fsp3) is 0.250. The van der Waals surface area contributed by atoms with Crippen LogP contribution in [0.4, 0.5) is 5.82 Å². The molecule has 0 fully saturated rings. The lowest BCUT2D eigenvalue weighted by molar-refractivity contribution is -0.140. The van der Waals surface area contributed by atoms with Crippen LogP contribution in [-0.4, -0.2) is 35.1 Å². The van der Waals surface area contributed by atoms with Crippen molar-refractivity contribution in [3.63, 3.8) is 0 Å². The molecular weight excluding hydrogens is 335 g/mol. The molecule has 0 bridgehead atoms. The Hall–Kier alpha value is -2.19. The summed E-state index contributed by atoms with van der Waals surface area (Å²) < 4.78 is 4.78. The molecule has 0 unspecified atom stereocenters. The van der Waals surface area contributed by atoms with Gasteiger partial charge in [-0.15, -0.1) is 0 Å². The first-order valence-electron chi connectivity index (χ1n) is 6.09. The van der Waals surface area contributed by atoms with E-state index in [1.807, 2.05) is 0 Å². The van der Waals surface area contributed by atoms with Crippen molar-refractivity contribution in [3.8, 4) is 0 Å². The number of carbonyl (C=O) groups is 3. The molecule has 0 aromatic carbocycles. The van der Waals surface area contributed by atoms with Gasteiger partial charge in [-0.2, -0.15) is 5.10 Å². The van der Waals surface area contributed by atoms with Crippen molar-refractivity contribution in [2.75, 3.05) is 11.9 Å². The molecule has 22 heavy (non-hydrogen) atoms. The van der Waals surface area contributed by atoms with Crippen molar-refractivity contribution in [3.05, 3.63) is 22.3 Å². The number of rotatable bonds is 4. The number of esters is 1. The Kier molecular flexibility index (Phi) is 5.29. The number of pyridine rings is 1. The fourth-order valence-corrected chi connectivity index (χ4v) is 1.94. The number of aromatic nitrogens is 1. The fourth-order valence-electron chi connectivity index (χ4n) is 1.51. The first kappa shape index (κ1) is 16.2. The molecule has 10 heteroatoms. The monoisotopic (exact) mass is 344 g/mol. The van der Waals surface area contributed by atoms with E-state index in [4.69, 9.17) is 27.9 Å². The van der Waals surface area contributed by atoms with Crippen LogP contribution in [0.3, 0.4) is 0 Å². The lowest BCUT2D eigenvalue weighted by Crippen LogP contribution is -2.32. The van der Waals surface area contributed by atoms with Crippen LogP contribution in [0.5, 0.6) is 0 Å². The molecule has 0 saturated heterocycles. The maximum Gasteiger partial charge on any atom is 0.355 e. The van der Waals surface area contributed by atoms with Crippen LogP contribution in [0.15, 0.2) is 17.4 Å². The van der Waals surface area contributed by atoms with Crippen LogP contribution in [0.1, 0.15) is 12.8 Å². The van der Waals surface area contributed by atoms with Gasteiger partial charge < -0.3 is 10.1 Å². The zero-order valence-electron chi connectivity index (χ0n) is 11.1. The minimum atomic E-state index is -0.773. The molecule has 1 aromatic heterocycles. The van der Waals surface area contributed by atoms with Gasteiger partial charge in [0.05, 0.1) is 10.0 Å². The summed E-state index contributed by atoms with van der Waals surface area (Å²) in [5.74, 6) is -1.57. The summed E-state index contributed by atoms with van der Waals surface area (Å²) in [6, 6.07) is 1.41. The van der Waals surface area contributed by atoms with Crippen LogP contribution in [0.2, 0.25) is 10.0 Å². The maximum atomic E-state index is 11.7. The summed E-state index contributed by atoms with van der Waals surface area (Å²) >= 11 is 11.5. The third-order valence-electron chi connectivity index (χ3n) is 2.54. The smallest absolute Gasteiger partial charge is 0.355 e. The summed E-state index contributed by atoms with van der Waals surface area (Å²) in [4.78, 5) is 38.0. The van der Waals surface area contributed by atoms with E-state index in [0.717, 1.165) is 0 Å². The van der Waals surface area contributed by atoms with Gasteiger partial charge in [-0.05, 0) is 6.07 Å². The van der Waals surface area contributed by atoms with Crippen molar-refractivity contribution < 1.29 is 19.1 Å². The molecule has 8 nitrogen and oxygen atoms in total. The Bertz CT molecular complexity index is 663. The molecule has 2 rings (SSSR count). The van der Waals surface area contributed by atoms with Crippen LogP contribution < -0.4 is 10.7 Å². The minimum absolute atomic E-state index is 0.0510. The summed E-state index contributed by atoms with van der Waals surface area (Å²) in [5, 5.41) is 6.42. The summed E-state index contributed by atoms with van der Waals surface area (Å²) in [5.41, 5.74) is 2.21. The third kappa shape index (κ3) is 4.40. The summed E-state index contributed by atoms with van der Waals surface area (Å²) in [6.45, 7) is -0.535. The van der Waals surface area contributed by atoms with Crippen LogP contribution in [0, 0.1) is 0 Å². The van der Waals surface area contributed by atoms with Gasteiger partial charge in [-0.1, -0.05) is 23.2 Å². The van der Waals surface area contributed by atoms with Crippen molar-refractivity contribution >= 4 is 52.5 Å². The van der Waals surface area contributed by atoms with Crippen molar-refractivity contribution in [2.45, 2.75) is 12.8 Å². The molecule has 0 saturated carbocycles. The van der Waals surface area contributed by atoms with Gasteiger partial charge in [0, 0.05) is 19.0 Å². The predicted molar refractivity (Wildman–Crippen MR) is 78.7 cm³/mol. The lowest BCUT2D eigenvalue weighted by Gasteiger charge is -2.11. The number of halogens is 2. The number of hydrogen-bond acceptors (Lipinski definition) is 6. The number of amides is 2. The molecular formula is C12H10Cl2N4O4. The van der Waals surface area contributed by atoms with Crippen molar-refractivity contribution in [1.82, 2.24) is 10.4 Å². The summed E-state index contributed by atoms with van der Waals surface area (Å²) in [7, 11) is 0. The lowest BCUT2D eigenvalue weighted by atomic mass is 10.2. The topological polar surface area (TPSA) is 110 Å². The van der Waals surface area contributed by atoms with E-state index in [9.17, 15) is 14.4 Å². The maximum absolute atomic E-state index is 11.7. The molecule has 2 amide bonds. The molecule has 0 spiro atoms. The Morgan fingerprint density at radius 1 is 1.36 bits per heavy atom. The largest absolute Gasteiger partial charge is 0.451 e. The van der Waals surface area contributed by atoms with Crippen LogP contribution in [-0.2, 0) is 19.1 Å². The van der Waals surface area contributed by atoms with E-state index < -0.39 is 18.5 Å². The van der Waals surface area contributed by atoms with Crippen LogP contribution in [0.25, 0.3) is 0 Å². The average Bonchev–Trinajstić information content (AvgIpc) is 2.48. The van der Waals surface area contributed by atoms with E-state index in [1.54, 1.807) is 0 Å². The molecule has 1 aliphatic rings. The van der Waals surface area contributed by atoms with Crippen molar-refractivity contribution in [1.29, 1.82) is 0 Å². The second-order valence-electron chi connectivity index (χ2n) is 4.20. The average molecular weight is 345 g/mol. The highest BCUT2D eigenvalue weighted by Crippen LogP contribution is 2.22. The zero-order valence-corrected chi connectivity index (χ0v) is 12.6. The van der Waals surface area contributed by atoms with Gasteiger partial charge in [0.15, 0.2) is 12.4 Å². The highest BCUT2D eigenvalue weighted by molar-refractivity contribution is 6.37. The summed E-state index contributed by atoms with van der Waals surface area (Å²) in [6.07, 6.45) is 1.62. The zero-order chi connectivity index (χ0) is 16.1. The highest BCUT2D eigenvalue weighted by atomic mass is 35.5. The van der Waals surface area contributed by atoms with Gasteiger partial charge in [-0.25, -0.2) is 15.2 Å².